The number of likely N-dealkylation sites (N-methyl/N-ethyl adjacent to an activating group) is 2. The molecule has 1 spiro atoms. The summed E-state index contributed by atoms with van der Waals surface area (Å²) in [5, 5.41) is 23.6. The Bertz CT molecular complexity index is 1030. The molecule has 5 atom stereocenters. The van der Waals surface area contributed by atoms with Gasteiger partial charge in [0.05, 0.1) is 24.9 Å². The lowest BCUT2D eigenvalue weighted by Gasteiger charge is -2.58. The molecule has 9 nitrogen and oxygen atoms in total. The van der Waals surface area contributed by atoms with Crippen LogP contribution in [0, 0.1) is 0 Å². The average Bonchev–Trinajstić information content (AvgIpc) is 3.06. The van der Waals surface area contributed by atoms with Crippen LogP contribution in [-0.2, 0) is 15.2 Å². The molecule has 4 fully saturated rings. The number of hydrogen-bond acceptors (Lipinski definition) is 9. The van der Waals surface area contributed by atoms with Crippen LogP contribution in [0.4, 0.5) is 5.69 Å². The number of methoxy groups -OCH3 is 2. The minimum absolute atomic E-state index is 0.179. The van der Waals surface area contributed by atoms with E-state index in [4.69, 9.17) is 21.1 Å². The summed E-state index contributed by atoms with van der Waals surface area (Å²) in [7, 11) is 8.43. The molecule has 1 aromatic carbocycles. The summed E-state index contributed by atoms with van der Waals surface area (Å²) in [4.78, 5) is 28.5. The van der Waals surface area contributed by atoms with Crippen molar-refractivity contribution in [2.45, 2.75) is 34.5 Å². The van der Waals surface area contributed by atoms with Crippen molar-refractivity contribution in [3.05, 3.63) is 16.7 Å². The number of amides is 2. The molecule has 0 radical (unpaired) electrons. The molecule has 0 aromatic heterocycles. The smallest absolute Gasteiger partial charge is 0.264 e. The van der Waals surface area contributed by atoms with Gasteiger partial charge in [0.2, 0.25) is 4.87 Å². The normalized spacial score (nSPS) is 38.7. The lowest BCUT2D eigenvalue weighted by molar-refractivity contribution is -0.166. The Morgan fingerprint density at radius 1 is 1.13 bits per heavy atom. The third-order valence-electron chi connectivity index (χ3n) is 6.70. The van der Waals surface area contributed by atoms with Crippen LogP contribution < -0.4 is 14.4 Å². The number of rotatable bonds is 2. The maximum absolute atomic E-state index is 13.6. The highest BCUT2D eigenvalue weighted by Crippen LogP contribution is 2.69. The predicted octanol–water partition coefficient (Wildman–Crippen LogP) is 0.803. The molecule has 5 aliphatic rings. The summed E-state index contributed by atoms with van der Waals surface area (Å²) in [5.41, 5.74) is -1.25. The molecule has 1 unspecified atom stereocenters. The summed E-state index contributed by atoms with van der Waals surface area (Å²) in [5.74, 6) is -0.232. The number of hydrogen-bond donors (Lipinski definition) is 2. The van der Waals surface area contributed by atoms with Crippen LogP contribution in [0.2, 0.25) is 5.02 Å². The Kier molecular flexibility index (Phi) is 3.96. The monoisotopic (exact) mass is 473 g/mol. The number of piperazine rings is 1. The quantitative estimate of drug-likeness (QED) is 0.604. The fourth-order valence-corrected chi connectivity index (χ4v) is 8.91. The van der Waals surface area contributed by atoms with Crippen LogP contribution >= 0.6 is 33.2 Å². The molecule has 12 heteroatoms. The standard InChI is InChI=1S/C18H20ClN3O6S2/c1-16-14(24)22-13-17(26,12(23)18(22,30-29-16)15(25)21(16)3)7-6-8(19)10(27-4)11(28-5)9(7)20(13)2/h6,12-13,23,26H,1-5H3/t12-,13-,16-,17-,18?/m1/s1. The molecule has 6 rings (SSSR count). The molecular weight excluding hydrogens is 454 g/mol. The first-order valence-electron chi connectivity index (χ1n) is 9.10. The summed E-state index contributed by atoms with van der Waals surface area (Å²) >= 11 is 6.39. The molecular formula is C18H20ClN3O6S2. The van der Waals surface area contributed by atoms with Gasteiger partial charge in [-0.1, -0.05) is 22.4 Å². The first-order chi connectivity index (χ1) is 14.0. The molecule has 30 heavy (non-hydrogen) atoms. The van der Waals surface area contributed by atoms with E-state index < -0.39 is 33.5 Å². The maximum atomic E-state index is 13.6. The van der Waals surface area contributed by atoms with Gasteiger partial charge in [-0.25, -0.2) is 0 Å². The lowest BCUT2D eigenvalue weighted by atomic mass is 9.87. The Morgan fingerprint density at radius 2 is 1.77 bits per heavy atom. The van der Waals surface area contributed by atoms with Gasteiger partial charge in [0.1, 0.15) is 12.3 Å². The SMILES string of the molecule is COc1c(Cl)cc2c(c1OC)N(C)[C@@H]1N3C(=O)[C@@]4(C)SSC3(C(=O)N4C)[C@H](O)[C@]21O. The highest BCUT2D eigenvalue weighted by atomic mass is 35.5. The second kappa shape index (κ2) is 5.83. The number of carbonyl (C=O) groups is 2. The molecule has 2 amide bonds. The fourth-order valence-electron chi connectivity index (χ4n) is 5.10. The van der Waals surface area contributed by atoms with Crippen molar-refractivity contribution in [2.75, 3.05) is 33.2 Å². The van der Waals surface area contributed by atoms with Crippen molar-refractivity contribution in [1.29, 1.82) is 0 Å². The number of halogens is 1. The van der Waals surface area contributed by atoms with E-state index in [0.717, 1.165) is 10.8 Å². The average molecular weight is 474 g/mol. The molecule has 0 saturated carbocycles. The van der Waals surface area contributed by atoms with Crippen LogP contribution in [-0.4, -0.2) is 82.2 Å². The van der Waals surface area contributed by atoms with Gasteiger partial charge in [-0.15, -0.1) is 0 Å². The van der Waals surface area contributed by atoms with Crippen molar-refractivity contribution >= 4 is 50.7 Å². The zero-order valence-corrected chi connectivity index (χ0v) is 19.2. The first-order valence-corrected chi connectivity index (χ1v) is 11.6. The van der Waals surface area contributed by atoms with E-state index in [2.05, 4.69) is 0 Å². The molecule has 2 N–H and O–H groups in total. The molecule has 5 heterocycles. The third-order valence-corrected chi connectivity index (χ3v) is 10.7. The van der Waals surface area contributed by atoms with Gasteiger partial charge in [0.15, 0.2) is 22.0 Å². The maximum Gasteiger partial charge on any atom is 0.264 e. The number of carbonyl (C=O) groups excluding carboxylic acids is 2. The van der Waals surface area contributed by atoms with Crippen molar-refractivity contribution in [2.24, 2.45) is 0 Å². The second-order valence-electron chi connectivity index (χ2n) is 7.92. The molecule has 162 valence electrons. The number of anilines is 1. The number of benzene rings is 1. The zero-order valence-electron chi connectivity index (χ0n) is 16.8. The van der Waals surface area contributed by atoms with E-state index in [1.54, 1.807) is 25.9 Å². The molecule has 4 saturated heterocycles. The van der Waals surface area contributed by atoms with Crippen LogP contribution in [0.15, 0.2) is 6.07 Å². The Morgan fingerprint density at radius 3 is 2.37 bits per heavy atom. The van der Waals surface area contributed by atoms with Gasteiger partial charge < -0.3 is 29.5 Å². The Hall–Kier alpha value is -1.53. The van der Waals surface area contributed by atoms with Gasteiger partial charge >= 0.3 is 0 Å². The highest BCUT2D eigenvalue weighted by Gasteiger charge is 2.82. The first kappa shape index (κ1) is 20.4. The minimum Gasteiger partial charge on any atom is -0.491 e. The van der Waals surface area contributed by atoms with Crippen molar-refractivity contribution < 1.29 is 29.3 Å². The largest absolute Gasteiger partial charge is 0.491 e. The summed E-state index contributed by atoms with van der Waals surface area (Å²) in [6.45, 7) is 1.67. The zero-order chi connectivity index (χ0) is 22.0. The van der Waals surface area contributed by atoms with E-state index >= 15 is 0 Å². The Balaban J connectivity index is 1.81. The molecule has 2 bridgehead atoms. The minimum atomic E-state index is -1.97. The number of nitrogens with zero attached hydrogens (tertiary/aromatic N) is 3. The third kappa shape index (κ3) is 1.81. The summed E-state index contributed by atoms with van der Waals surface area (Å²) in [6, 6.07) is 1.50. The molecule has 0 aliphatic carbocycles. The fraction of sp³-hybridized carbons (Fsp3) is 0.556. The van der Waals surface area contributed by atoms with Crippen LogP contribution in [0.1, 0.15) is 12.5 Å². The van der Waals surface area contributed by atoms with Gasteiger partial charge in [-0.3, -0.25) is 14.5 Å². The van der Waals surface area contributed by atoms with Crippen LogP contribution in [0.3, 0.4) is 0 Å². The Labute approximate surface area is 185 Å². The van der Waals surface area contributed by atoms with Crippen molar-refractivity contribution in [3.63, 3.8) is 0 Å². The molecule has 1 aromatic rings. The summed E-state index contributed by atoms with van der Waals surface area (Å²) in [6.07, 6.45) is -2.63. The van der Waals surface area contributed by atoms with Gasteiger partial charge in [0, 0.05) is 19.7 Å². The topological polar surface area (TPSA) is 103 Å². The van der Waals surface area contributed by atoms with Gasteiger partial charge in [0.25, 0.3) is 11.8 Å². The highest BCUT2D eigenvalue weighted by molar-refractivity contribution is 8.78. The van der Waals surface area contributed by atoms with Gasteiger partial charge in [-0.2, -0.15) is 0 Å². The van der Waals surface area contributed by atoms with Crippen LogP contribution in [0.25, 0.3) is 0 Å². The van der Waals surface area contributed by atoms with E-state index in [0.29, 0.717) is 5.69 Å². The number of aliphatic hydroxyl groups excluding tert-OH is 1. The van der Waals surface area contributed by atoms with E-state index in [-0.39, 0.29) is 28.0 Å². The predicted molar refractivity (Wildman–Crippen MR) is 113 cm³/mol. The number of aliphatic hydroxyl groups is 2. The van der Waals surface area contributed by atoms with Crippen LogP contribution in [0.5, 0.6) is 11.5 Å². The summed E-state index contributed by atoms with van der Waals surface area (Å²) < 4.78 is 10.9. The van der Waals surface area contributed by atoms with Crippen molar-refractivity contribution in [1.82, 2.24) is 9.80 Å². The van der Waals surface area contributed by atoms with E-state index in [1.165, 1.54) is 40.9 Å². The van der Waals surface area contributed by atoms with E-state index in [1.807, 2.05) is 0 Å². The number of ether oxygens (including phenoxy) is 2. The second-order valence-corrected chi connectivity index (χ2v) is 11.1. The lowest BCUT2D eigenvalue weighted by Crippen LogP contribution is -2.77. The number of fused-ring (bicyclic) bond motifs is 5. The molecule has 5 aliphatic heterocycles. The van der Waals surface area contributed by atoms with Gasteiger partial charge in [-0.05, 0) is 23.8 Å². The van der Waals surface area contributed by atoms with Crippen molar-refractivity contribution in [3.8, 4) is 11.5 Å². The van der Waals surface area contributed by atoms with E-state index in [9.17, 15) is 19.8 Å².